The van der Waals surface area contributed by atoms with E-state index in [1.165, 1.54) is 18.4 Å². The van der Waals surface area contributed by atoms with Crippen molar-refractivity contribution in [3.8, 4) is 0 Å². The number of thiophene rings is 1. The molecule has 0 radical (unpaired) electrons. The normalized spacial score (nSPS) is 16.6. The van der Waals surface area contributed by atoms with Gasteiger partial charge in [0.05, 0.1) is 18.2 Å². The Kier molecular flexibility index (Phi) is 10.7. The maximum atomic E-state index is 15.3. The van der Waals surface area contributed by atoms with Gasteiger partial charge in [0, 0.05) is 65.7 Å². The zero-order chi connectivity index (χ0) is 37.9. The van der Waals surface area contributed by atoms with Gasteiger partial charge in [-0.3, -0.25) is 14.5 Å². The van der Waals surface area contributed by atoms with Crippen molar-refractivity contribution in [2.45, 2.75) is 44.3 Å². The van der Waals surface area contributed by atoms with Gasteiger partial charge in [0.2, 0.25) is 0 Å². The predicted octanol–water partition coefficient (Wildman–Crippen LogP) is 7.24. The van der Waals surface area contributed by atoms with Gasteiger partial charge < -0.3 is 25.6 Å². The summed E-state index contributed by atoms with van der Waals surface area (Å²) in [6.07, 6.45) is 2.32. The summed E-state index contributed by atoms with van der Waals surface area (Å²) < 4.78 is 36.0. The van der Waals surface area contributed by atoms with Crippen molar-refractivity contribution in [2.24, 2.45) is 0 Å². The topological polar surface area (TPSA) is 120 Å². The fraction of sp³-hybridized carbons (Fsp3) is 0.268. The van der Waals surface area contributed by atoms with Crippen LogP contribution in [0.3, 0.4) is 0 Å². The van der Waals surface area contributed by atoms with Gasteiger partial charge in [-0.2, -0.15) is 0 Å². The molecule has 54 heavy (non-hydrogen) atoms. The van der Waals surface area contributed by atoms with Crippen LogP contribution in [0.15, 0.2) is 84.9 Å². The van der Waals surface area contributed by atoms with Crippen LogP contribution in [0.4, 0.5) is 24.3 Å². The lowest BCUT2D eigenvalue weighted by Gasteiger charge is -2.40. The number of halogens is 2. The maximum Gasteiger partial charge on any atom is 0.337 e. The van der Waals surface area contributed by atoms with Gasteiger partial charge in [-0.05, 0) is 79.3 Å². The van der Waals surface area contributed by atoms with Crippen LogP contribution in [0.1, 0.15) is 60.6 Å². The SMILES string of the molecule is CNC(=O)N1C2CCC1CN(Cc1cccc(C(=O)Nc3sc4ccccc4c3C(=O)Nc3cc(F)c(CCc4ccc(C(=O)OC)cc4)c(F)c3)c1)C2. The summed E-state index contributed by atoms with van der Waals surface area (Å²) in [6, 6.07) is 23.6. The van der Waals surface area contributed by atoms with Crippen molar-refractivity contribution in [1.29, 1.82) is 0 Å². The summed E-state index contributed by atoms with van der Waals surface area (Å²) in [5, 5.41) is 9.20. The van der Waals surface area contributed by atoms with Gasteiger partial charge >= 0.3 is 12.0 Å². The number of carbonyl (C=O) groups excluding carboxylic acids is 4. The Hall–Kier alpha value is -5.66. The maximum absolute atomic E-state index is 15.3. The first-order valence-electron chi connectivity index (χ1n) is 17.7. The molecule has 3 N–H and O–H groups in total. The average Bonchev–Trinajstić information content (AvgIpc) is 3.67. The van der Waals surface area contributed by atoms with Crippen LogP contribution in [0.25, 0.3) is 10.1 Å². The summed E-state index contributed by atoms with van der Waals surface area (Å²) >= 11 is 1.23. The second-order valence-electron chi connectivity index (χ2n) is 13.6. The molecule has 4 aromatic carbocycles. The van der Waals surface area contributed by atoms with Gasteiger partial charge in [0.25, 0.3) is 11.8 Å². The molecule has 1 aromatic heterocycles. The molecule has 13 heteroatoms. The highest BCUT2D eigenvalue weighted by molar-refractivity contribution is 7.23. The quantitative estimate of drug-likeness (QED) is 0.130. The van der Waals surface area contributed by atoms with E-state index in [9.17, 15) is 19.2 Å². The second-order valence-corrected chi connectivity index (χ2v) is 14.6. The number of rotatable bonds is 10. The molecule has 278 valence electrons. The highest BCUT2D eigenvalue weighted by Crippen LogP contribution is 2.37. The Labute approximate surface area is 315 Å². The standard InChI is InChI=1S/C41H39F2N5O5S/c1-44-41(52)48-29-15-16-30(48)23-47(22-29)21-25-6-5-7-27(18-25)37(49)46-39-36(32-8-3-4-9-35(32)54-39)38(50)45-28-19-33(42)31(34(43)20-28)17-12-24-10-13-26(14-11-24)40(51)53-2/h3-11,13-14,18-20,29-30H,12,15-17,21-23H2,1-2H3,(H,44,52)(H,45,50)(H,46,49). The number of likely N-dealkylation sites (tertiary alicyclic amines) is 1. The molecule has 10 nitrogen and oxygen atoms in total. The number of carbonyl (C=O) groups is 4. The Morgan fingerprint density at radius 1 is 0.796 bits per heavy atom. The van der Waals surface area contributed by atoms with Gasteiger partial charge in [-0.25, -0.2) is 18.4 Å². The summed E-state index contributed by atoms with van der Waals surface area (Å²) in [5.41, 5.74) is 2.53. The molecule has 0 aliphatic carbocycles. The Bertz CT molecular complexity index is 2210. The molecule has 2 unspecified atom stereocenters. The molecule has 0 spiro atoms. The number of hydrogen-bond acceptors (Lipinski definition) is 7. The fourth-order valence-corrected chi connectivity index (χ4v) is 8.58. The van der Waals surface area contributed by atoms with Gasteiger partial charge in [-0.15, -0.1) is 11.3 Å². The third-order valence-corrected chi connectivity index (χ3v) is 11.2. The number of nitrogens with zero attached hydrogens (tertiary/aromatic N) is 2. The lowest BCUT2D eigenvalue weighted by molar-refractivity contribution is 0.0600. The fourth-order valence-electron chi connectivity index (χ4n) is 7.49. The first-order chi connectivity index (χ1) is 26.1. The number of nitrogens with one attached hydrogen (secondary N) is 3. The molecule has 4 amide bonds. The lowest BCUT2D eigenvalue weighted by Crippen LogP contribution is -2.57. The number of benzene rings is 4. The minimum absolute atomic E-state index is 0.0404. The van der Waals surface area contributed by atoms with E-state index in [0.29, 0.717) is 34.5 Å². The number of piperazine rings is 1. The highest BCUT2D eigenvalue weighted by Gasteiger charge is 2.42. The number of ether oxygens (including phenoxy) is 1. The van der Waals surface area contributed by atoms with Crippen LogP contribution in [0.5, 0.6) is 0 Å². The summed E-state index contributed by atoms with van der Waals surface area (Å²) in [7, 11) is 2.94. The summed E-state index contributed by atoms with van der Waals surface area (Å²) in [4.78, 5) is 55.8. The molecule has 2 fully saturated rings. The van der Waals surface area contributed by atoms with Crippen LogP contribution in [-0.4, -0.2) is 72.9 Å². The van der Waals surface area contributed by atoms with E-state index < -0.39 is 29.4 Å². The summed E-state index contributed by atoms with van der Waals surface area (Å²) in [6.45, 7) is 2.14. The number of amides is 4. The monoisotopic (exact) mass is 751 g/mol. The first-order valence-corrected chi connectivity index (χ1v) is 18.5. The van der Waals surface area contributed by atoms with E-state index >= 15 is 8.78 Å². The largest absolute Gasteiger partial charge is 0.465 e. The second kappa shape index (κ2) is 15.7. The van der Waals surface area contributed by atoms with Gasteiger partial charge in [0.1, 0.15) is 16.6 Å². The Balaban J connectivity index is 1.04. The number of anilines is 2. The van der Waals surface area contributed by atoms with E-state index in [0.717, 1.165) is 53.9 Å². The Morgan fingerprint density at radius 3 is 2.19 bits per heavy atom. The molecule has 2 aliphatic rings. The average molecular weight is 752 g/mol. The van der Waals surface area contributed by atoms with Crippen molar-refractivity contribution >= 4 is 55.9 Å². The van der Waals surface area contributed by atoms with Crippen molar-refractivity contribution in [2.75, 3.05) is 37.9 Å². The number of hydrogen-bond donors (Lipinski definition) is 3. The molecule has 2 saturated heterocycles. The number of esters is 1. The highest BCUT2D eigenvalue weighted by atomic mass is 32.1. The minimum Gasteiger partial charge on any atom is -0.465 e. The van der Waals surface area contributed by atoms with E-state index in [1.807, 2.05) is 35.2 Å². The summed E-state index contributed by atoms with van der Waals surface area (Å²) in [5.74, 6) is -3.11. The van der Waals surface area contributed by atoms with Gasteiger partial charge in [0.15, 0.2) is 0 Å². The number of fused-ring (bicyclic) bond motifs is 3. The van der Waals surface area contributed by atoms with Crippen LogP contribution in [-0.2, 0) is 24.1 Å². The third-order valence-electron chi connectivity index (χ3n) is 10.1. The smallest absolute Gasteiger partial charge is 0.337 e. The zero-order valence-electron chi connectivity index (χ0n) is 29.8. The molecule has 7 rings (SSSR count). The van der Waals surface area contributed by atoms with Crippen molar-refractivity contribution in [3.63, 3.8) is 0 Å². The van der Waals surface area contributed by atoms with Crippen molar-refractivity contribution in [3.05, 3.63) is 130 Å². The van der Waals surface area contributed by atoms with E-state index in [4.69, 9.17) is 4.74 Å². The molecule has 3 heterocycles. The zero-order valence-corrected chi connectivity index (χ0v) is 30.6. The number of aryl methyl sites for hydroxylation is 1. The number of urea groups is 1. The molecule has 2 atom stereocenters. The lowest BCUT2D eigenvalue weighted by atomic mass is 10.0. The van der Waals surface area contributed by atoms with E-state index in [2.05, 4.69) is 20.9 Å². The van der Waals surface area contributed by atoms with Crippen molar-refractivity contribution < 1.29 is 32.7 Å². The van der Waals surface area contributed by atoms with Crippen LogP contribution >= 0.6 is 11.3 Å². The van der Waals surface area contributed by atoms with Crippen LogP contribution in [0, 0.1) is 11.6 Å². The minimum atomic E-state index is -0.805. The van der Waals surface area contributed by atoms with Crippen molar-refractivity contribution in [1.82, 2.24) is 15.1 Å². The molecule has 0 saturated carbocycles. The molecular formula is C41H39F2N5O5S. The first kappa shape index (κ1) is 36.7. The molecule has 2 aliphatic heterocycles. The van der Waals surface area contributed by atoms with Crippen LogP contribution in [0.2, 0.25) is 0 Å². The van der Waals surface area contributed by atoms with E-state index in [-0.39, 0.29) is 41.3 Å². The number of methoxy groups -OCH3 is 1. The molecule has 2 bridgehead atoms. The molecule has 5 aromatic rings. The predicted molar refractivity (Wildman–Crippen MR) is 204 cm³/mol. The third kappa shape index (κ3) is 7.68. The van der Waals surface area contributed by atoms with E-state index in [1.54, 1.807) is 49.5 Å². The van der Waals surface area contributed by atoms with Crippen LogP contribution < -0.4 is 16.0 Å². The molecular weight excluding hydrogens is 713 g/mol. The Morgan fingerprint density at radius 2 is 1.50 bits per heavy atom. The van der Waals surface area contributed by atoms with Gasteiger partial charge in [-0.1, -0.05) is 42.5 Å².